The molecule has 1 atom stereocenters. The molecule has 1 aliphatic rings. The first-order valence-electron chi connectivity index (χ1n) is 14.4. The molecule has 0 aliphatic carbocycles. The molecule has 232 valence electrons. The molecule has 10 heteroatoms. The second-order valence-corrected chi connectivity index (χ2v) is 12.0. The molecule has 0 saturated heterocycles. The van der Waals surface area contributed by atoms with Crippen molar-refractivity contribution < 1.29 is 19.0 Å². The molecule has 0 saturated carbocycles. The van der Waals surface area contributed by atoms with Gasteiger partial charge in [-0.3, -0.25) is 9.36 Å². The summed E-state index contributed by atoms with van der Waals surface area (Å²) in [5, 5.41) is 0.921. The Balaban J connectivity index is 1.63. The summed E-state index contributed by atoms with van der Waals surface area (Å²) >= 11 is 13.6. The molecule has 0 unspecified atom stereocenters. The molecule has 1 aliphatic heterocycles. The molecule has 4 aromatic rings. The van der Waals surface area contributed by atoms with Gasteiger partial charge in [-0.2, -0.15) is 0 Å². The Morgan fingerprint density at radius 1 is 1.07 bits per heavy atom. The topological polar surface area (TPSA) is 79.1 Å². The molecule has 5 rings (SSSR count). The van der Waals surface area contributed by atoms with Crippen molar-refractivity contribution in [2.45, 2.75) is 39.3 Å². The maximum absolute atomic E-state index is 14.1. The van der Waals surface area contributed by atoms with Crippen molar-refractivity contribution in [3.05, 3.63) is 137 Å². The van der Waals surface area contributed by atoms with Crippen LogP contribution in [0.4, 0.5) is 0 Å². The summed E-state index contributed by atoms with van der Waals surface area (Å²) in [4.78, 5) is 32.4. The first kappa shape index (κ1) is 32.3. The van der Waals surface area contributed by atoms with E-state index >= 15 is 0 Å². The summed E-state index contributed by atoms with van der Waals surface area (Å²) in [6.45, 7) is 8.41. The van der Waals surface area contributed by atoms with Gasteiger partial charge in [0.05, 0.1) is 45.6 Å². The molecular weight excluding hydrogens is 631 g/mol. The van der Waals surface area contributed by atoms with E-state index < -0.39 is 12.0 Å². The molecular formula is C35H32Cl2N2O5S. The standard InChI is InChI=1S/C35H32Cl2N2O5S/c1-5-11-24-16-22(18-28(43-7-3)32(24)44-20-21-14-15-25(36)26(37)17-21)19-29-33(40)39-31(23-12-9-8-10-13-23)30(34(41)42-4)27(6-2)38-35(39)45-29/h5,8-10,12-19,31H,1,6-7,11,20H2,2-4H3/b29-19-/t31-/m0/s1. The lowest BCUT2D eigenvalue weighted by Crippen LogP contribution is -2.40. The van der Waals surface area contributed by atoms with Crippen LogP contribution in [0.1, 0.15) is 48.6 Å². The summed E-state index contributed by atoms with van der Waals surface area (Å²) in [7, 11) is 1.34. The van der Waals surface area contributed by atoms with Crippen LogP contribution in [0, 0.1) is 0 Å². The van der Waals surface area contributed by atoms with Crippen LogP contribution in [0.2, 0.25) is 10.0 Å². The Hall–Kier alpha value is -4.11. The van der Waals surface area contributed by atoms with Crippen molar-refractivity contribution in [1.82, 2.24) is 4.57 Å². The molecule has 7 nitrogen and oxygen atoms in total. The van der Waals surface area contributed by atoms with Crippen LogP contribution in [-0.2, 0) is 22.6 Å². The lowest BCUT2D eigenvalue weighted by Gasteiger charge is -2.25. The number of carbonyl (C=O) groups is 1. The minimum Gasteiger partial charge on any atom is -0.490 e. The van der Waals surface area contributed by atoms with Gasteiger partial charge < -0.3 is 14.2 Å². The van der Waals surface area contributed by atoms with E-state index in [0.29, 0.717) is 61.6 Å². The highest BCUT2D eigenvalue weighted by molar-refractivity contribution is 7.07. The lowest BCUT2D eigenvalue weighted by molar-refractivity contribution is -0.136. The maximum Gasteiger partial charge on any atom is 0.338 e. The number of rotatable bonds is 11. The van der Waals surface area contributed by atoms with Crippen LogP contribution < -0.4 is 24.4 Å². The number of allylic oxidation sites excluding steroid dienone is 2. The quantitative estimate of drug-likeness (QED) is 0.130. The van der Waals surface area contributed by atoms with E-state index in [4.69, 9.17) is 42.4 Å². The zero-order valence-electron chi connectivity index (χ0n) is 25.1. The van der Waals surface area contributed by atoms with Crippen LogP contribution >= 0.6 is 34.5 Å². The van der Waals surface area contributed by atoms with Crippen molar-refractivity contribution in [1.29, 1.82) is 0 Å². The molecule has 0 bridgehead atoms. The second kappa shape index (κ2) is 14.3. The van der Waals surface area contributed by atoms with E-state index in [1.807, 2.05) is 68.5 Å². The lowest BCUT2D eigenvalue weighted by atomic mass is 9.95. The van der Waals surface area contributed by atoms with E-state index in [9.17, 15) is 9.59 Å². The van der Waals surface area contributed by atoms with E-state index in [-0.39, 0.29) is 12.2 Å². The van der Waals surface area contributed by atoms with Crippen molar-refractivity contribution >= 4 is 46.6 Å². The zero-order chi connectivity index (χ0) is 32.1. The van der Waals surface area contributed by atoms with Gasteiger partial charge in [-0.15, -0.1) is 6.58 Å². The third-order valence-corrected chi connectivity index (χ3v) is 8.97. The van der Waals surface area contributed by atoms with E-state index in [0.717, 1.165) is 22.3 Å². The first-order chi connectivity index (χ1) is 21.8. The number of nitrogens with zero attached hydrogens (tertiary/aromatic N) is 2. The normalized spacial score (nSPS) is 14.5. The van der Waals surface area contributed by atoms with Gasteiger partial charge in [0.15, 0.2) is 16.3 Å². The summed E-state index contributed by atoms with van der Waals surface area (Å²) in [6.07, 6.45) is 4.62. The summed E-state index contributed by atoms with van der Waals surface area (Å²) in [5.41, 5.74) is 3.95. The fraction of sp³-hybridized carbons (Fsp3) is 0.229. The van der Waals surface area contributed by atoms with Crippen LogP contribution in [-0.4, -0.2) is 24.3 Å². The van der Waals surface area contributed by atoms with Crippen LogP contribution in [0.5, 0.6) is 11.5 Å². The highest BCUT2D eigenvalue weighted by Crippen LogP contribution is 2.36. The summed E-state index contributed by atoms with van der Waals surface area (Å²) in [6, 6.07) is 18.0. The van der Waals surface area contributed by atoms with Crippen LogP contribution in [0.25, 0.3) is 6.08 Å². The number of thiazole rings is 1. The number of halogens is 2. The number of fused-ring (bicyclic) bond motifs is 1. The van der Waals surface area contributed by atoms with Gasteiger partial charge in [-0.05, 0) is 66.8 Å². The number of benzene rings is 3. The highest BCUT2D eigenvalue weighted by atomic mass is 35.5. The van der Waals surface area contributed by atoms with Gasteiger partial charge in [0.25, 0.3) is 5.56 Å². The Bertz CT molecular complexity index is 1960. The van der Waals surface area contributed by atoms with Crippen LogP contribution in [0.15, 0.2) is 94.4 Å². The minimum atomic E-state index is -0.667. The summed E-state index contributed by atoms with van der Waals surface area (Å²) < 4.78 is 19.5. The number of aromatic nitrogens is 1. The molecule has 0 amide bonds. The number of methoxy groups -OCH3 is 1. The fourth-order valence-electron chi connectivity index (χ4n) is 5.25. The van der Waals surface area contributed by atoms with Crippen molar-refractivity contribution in [2.75, 3.05) is 13.7 Å². The Kier molecular flexibility index (Phi) is 10.3. The second-order valence-electron chi connectivity index (χ2n) is 10.2. The smallest absolute Gasteiger partial charge is 0.338 e. The Labute approximate surface area is 275 Å². The largest absolute Gasteiger partial charge is 0.490 e. The fourth-order valence-corrected chi connectivity index (χ4v) is 6.59. The average molecular weight is 664 g/mol. The van der Waals surface area contributed by atoms with E-state index in [2.05, 4.69) is 6.58 Å². The average Bonchev–Trinajstić information content (AvgIpc) is 3.35. The molecule has 3 aromatic carbocycles. The molecule has 45 heavy (non-hydrogen) atoms. The molecule has 0 spiro atoms. The van der Waals surface area contributed by atoms with Gasteiger partial charge in [0.2, 0.25) is 0 Å². The van der Waals surface area contributed by atoms with E-state index in [1.54, 1.807) is 22.8 Å². The third kappa shape index (κ3) is 6.78. The minimum absolute atomic E-state index is 0.251. The number of hydrogen-bond acceptors (Lipinski definition) is 7. The number of carbonyl (C=O) groups excluding carboxylic acids is 1. The van der Waals surface area contributed by atoms with Gasteiger partial charge in [0, 0.05) is 5.56 Å². The maximum atomic E-state index is 14.1. The molecule has 2 heterocycles. The molecule has 0 N–H and O–H groups in total. The number of hydrogen-bond donors (Lipinski definition) is 0. The van der Waals surface area contributed by atoms with Gasteiger partial charge in [-0.25, -0.2) is 9.79 Å². The predicted octanol–water partition coefficient (Wildman–Crippen LogP) is 6.81. The number of esters is 1. The molecule has 1 aromatic heterocycles. The van der Waals surface area contributed by atoms with Crippen molar-refractivity contribution in [2.24, 2.45) is 4.99 Å². The van der Waals surface area contributed by atoms with Crippen molar-refractivity contribution in [3.8, 4) is 11.5 Å². The van der Waals surface area contributed by atoms with Gasteiger partial charge >= 0.3 is 5.97 Å². The predicted molar refractivity (Wildman–Crippen MR) is 179 cm³/mol. The Morgan fingerprint density at radius 2 is 1.84 bits per heavy atom. The van der Waals surface area contributed by atoms with Gasteiger partial charge in [0.1, 0.15) is 6.61 Å². The number of ether oxygens (including phenoxy) is 3. The first-order valence-corrected chi connectivity index (χ1v) is 16.0. The van der Waals surface area contributed by atoms with Gasteiger partial charge in [-0.1, -0.05) is 83.9 Å². The molecule has 0 radical (unpaired) electrons. The molecule has 0 fully saturated rings. The Morgan fingerprint density at radius 3 is 2.51 bits per heavy atom. The SMILES string of the molecule is C=CCc1cc(/C=c2\sc3n(c2=O)[C@@H](c2ccccc2)C(C(=O)OC)=C(CC)N=3)cc(OCC)c1OCc1ccc(Cl)c(Cl)c1. The third-order valence-electron chi connectivity index (χ3n) is 7.25. The van der Waals surface area contributed by atoms with Crippen molar-refractivity contribution in [3.63, 3.8) is 0 Å². The zero-order valence-corrected chi connectivity index (χ0v) is 27.5. The summed E-state index contributed by atoms with van der Waals surface area (Å²) in [5.74, 6) is 0.616. The van der Waals surface area contributed by atoms with E-state index in [1.165, 1.54) is 18.4 Å². The monoisotopic (exact) mass is 662 g/mol. The highest BCUT2D eigenvalue weighted by Gasteiger charge is 2.33. The van der Waals surface area contributed by atoms with Crippen LogP contribution in [0.3, 0.4) is 0 Å².